The number of rotatable bonds is 7. The maximum atomic E-state index is 5.47. The van der Waals surface area contributed by atoms with E-state index < -0.39 is 0 Å². The van der Waals surface area contributed by atoms with Gasteiger partial charge in [-0.2, -0.15) is 0 Å². The molecule has 0 amide bonds. The number of aromatic nitrogens is 2. The molecule has 2 aromatic rings. The van der Waals surface area contributed by atoms with E-state index in [9.17, 15) is 0 Å². The first-order valence-corrected chi connectivity index (χ1v) is 8.75. The summed E-state index contributed by atoms with van der Waals surface area (Å²) in [6, 6.07) is 6.40. The molecule has 0 saturated carbocycles. The van der Waals surface area contributed by atoms with Crippen LogP contribution in [-0.4, -0.2) is 29.3 Å². The molecule has 0 radical (unpaired) electrons. The van der Waals surface area contributed by atoms with Gasteiger partial charge in [-0.25, -0.2) is 0 Å². The lowest BCUT2D eigenvalue weighted by Gasteiger charge is -2.18. The molecule has 1 aliphatic heterocycles. The third-order valence-corrected chi connectivity index (χ3v) is 5.11. The minimum Gasteiger partial charge on any atom is -0.454 e. The maximum Gasteiger partial charge on any atom is 0.231 e. The SMILES string of the molecule is CCCNC(CSc1nncs1)c1ccc2c(c1)OCO2. The summed E-state index contributed by atoms with van der Waals surface area (Å²) in [5.41, 5.74) is 2.97. The van der Waals surface area contributed by atoms with Gasteiger partial charge in [0.05, 0.1) is 0 Å². The molecule has 2 heterocycles. The predicted molar refractivity (Wildman–Crippen MR) is 84.2 cm³/mol. The van der Waals surface area contributed by atoms with Crippen LogP contribution >= 0.6 is 23.1 Å². The van der Waals surface area contributed by atoms with Crippen LogP contribution in [0.1, 0.15) is 24.9 Å². The zero-order valence-corrected chi connectivity index (χ0v) is 13.4. The van der Waals surface area contributed by atoms with Gasteiger partial charge in [0, 0.05) is 11.8 Å². The molecular formula is C14H17N3O2S2. The molecule has 3 rings (SSSR count). The average Bonchev–Trinajstić information content (AvgIpc) is 3.17. The Bertz CT molecular complexity index is 578. The van der Waals surface area contributed by atoms with Crippen molar-refractivity contribution in [1.29, 1.82) is 0 Å². The molecule has 0 saturated heterocycles. The lowest BCUT2D eigenvalue weighted by molar-refractivity contribution is 0.174. The number of nitrogens with zero attached hydrogens (tertiary/aromatic N) is 2. The summed E-state index contributed by atoms with van der Waals surface area (Å²) in [5.74, 6) is 2.57. The van der Waals surface area contributed by atoms with E-state index in [-0.39, 0.29) is 6.04 Å². The highest BCUT2D eigenvalue weighted by atomic mass is 32.2. The highest BCUT2D eigenvalue weighted by Gasteiger charge is 2.18. The standard InChI is InChI=1S/C14H17N3O2S2/c1-2-5-15-11(7-20-14-17-16-8-21-14)10-3-4-12-13(6-10)19-9-18-12/h3-4,6,8,11,15H,2,5,7,9H2,1H3. The van der Waals surface area contributed by atoms with Gasteiger partial charge in [-0.15, -0.1) is 10.2 Å². The summed E-state index contributed by atoms with van der Waals surface area (Å²) >= 11 is 3.30. The topological polar surface area (TPSA) is 56.3 Å². The van der Waals surface area contributed by atoms with Crippen LogP contribution in [0.25, 0.3) is 0 Å². The van der Waals surface area contributed by atoms with E-state index in [0.717, 1.165) is 34.6 Å². The summed E-state index contributed by atoms with van der Waals surface area (Å²) in [7, 11) is 0. The Labute approximate surface area is 132 Å². The van der Waals surface area contributed by atoms with Crippen LogP contribution in [0, 0.1) is 0 Å². The summed E-state index contributed by atoms with van der Waals surface area (Å²) < 4.78 is 11.8. The highest BCUT2D eigenvalue weighted by Crippen LogP contribution is 2.35. The van der Waals surface area contributed by atoms with Gasteiger partial charge in [-0.1, -0.05) is 36.1 Å². The first kappa shape index (κ1) is 14.6. The van der Waals surface area contributed by atoms with Gasteiger partial charge in [0.1, 0.15) is 5.51 Å². The van der Waals surface area contributed by atoms with E-state index in [4.69, 9.17) is 9.47 Å². The first-order chi connectivity index (χ1) is 10.4. The van der Waals surface area contributed by atoms with Crippen molar-refractivity contribution >= 4 is 23.1 Å². The minimum atomic E-state index is 0.258. The molecular weight excluding hydrogens is 306 g/mol. The van der Waals surface area contributed by atoms with Crippen LogP contribution in [0.4, 0.5) is 0 Å². The molecule has 1 aliphatic rings. The number of ether oxygens (including phenoxy) is 2. The zero-order valence-electron chi connectivity index (χ0n) is 11.7. The van der Waals surface area contributed by atoms with Crippen LogP contribution in [0.2, 0.25) is 0 Å². The van der Waals surface area contributed by atoms with Crippen LogP contribution in [-0.2, 0) is 0 Å². The number of nitrogens with one attached hydrogen (secondary N) is 1. The van der Waals surface area contributed by atoms with Crippen molar-refractivity contribution in [2.24, 2.45) is 0 Å². The van der Waals surface area contributed by atoms with Crippen molar-refractivity contribution in [2.75, 3.05) is 19.1 Å². The van der Waals surface area contributed by atoms with E-state index in [2.05, 4.69) is 34.6 Å². The Morgan fingerprint density at radius 2 is 2.29 bits per heavy atom. The first-order valence-electron chi connectivity index (χ1n) is 6.88. The fraction of sp³-hybridized carbons (Fsp3) is 0.429. The number of benzene rings is 1. The van der Waals surface area contributed by atoms with Crippen molar-refractivity contribution in [3.05, 3.63) is 29.3 Å². The molecule has 1 aromatic carbocycles. The van der Waals surface area contributed by atoms with Crippen LogP contribution in [0.3, 0.4) is 0 Å². The van der Waals surface area contributed by atoms with Gasteiger partial charge < -0.3 is 14.8 Å². The summed E-state index contributed by atoms with van der Waals surface area (Å²) in [6.07, 6.45) is 1.10. The molecule has 5 nitrogen and oxygen atoms in total. The summed E-state index contributed by atoms with van der Waals surface area (Å²) in [4.78, 5) is 0. The number of thioether (sulfide) groups is 1. The van der Waals surface area contributed by atoms with Gasteiger partial charge in [-0.3, -0.25) is 0 Å². The zero-order chi connectivity index (χ0) is 14.5. The van der Waals surface area contributed by atoms with Crippen LogP contribution in [0.5, 0.6) is 11.5 Å². The minimum absolute atomic E-state index is 0.258. The fourth-order valence-corrected chi connectivity index (χ4v) is 3.71. The van der Waals surface area contributed by atoms with Crippen molar-refractivity contribution in [1.82, 2.24) is 15.5 Å². The summed E-state index contributed by atoms with van der Waals surface area (Å²) in [6.45, 7) is 3.46. The van der Waals surface area contributed by atoms with E-state index in [1.807, 2.05) is 6.07 Å². The van der Waals surface area contributed by atoms with Gasteiger partial charge >= 0.3 is 0 Å². The van der Waals surface area contributed by atoms with Crippen molar-refractivity contribution in [3.8, 4) is 11.5 Å². The second-order valence-electron chi connectivity index (χ2n) is 4.64. The number of hydrogen-bond acceptors (Lipinski definition) is 7. The number of hydrogen-bond donors (Lipinski definition) is 1. The normalized spacial score (nSPS) is 14.3. The quantitative estimate of drug-likeness (QED) is 0.790. The second-order valence-corrected chi connectivity index (χ2v) is 6.74. The third kappa shape index (κ3) is 3.66. The van der Waals surface area contributed by atoms with Crippen molar-refractivity contribution < 1.29 is 9.47 Å². The Balaban J connectivity index is 1.71. The molecule has 21 heavy (non-hydrogen) atoms. The largest absolute Gasteiger partial charge is 0.454 e. The molecule has 0 spiro atoms. The summed E-state index contributed by atoms with van der Waals surface area (Å²) in [5, 5.41) is 11.5. The van der Waals surface area contributed by atoms with Gasteiger partial charge in [0.2, 0.25) is 6.79 Å². The monoisotopic (exact) mass is 323 g/mol. The van der Waals surface area contributed by atoms with Crippen LogP contribution < -0.4 is 14.8 Å². The Kier molecular flexibility index (Phi) is 4.95. The molecule has 0 aliphatic carbocycles. The highest BCUT2D eigenvalue weighted by molar-refractivity contribution is 8.01. The average molecular weight is 323 g/mol. The fourth-order valence-electron chi connectivity index (χ4n) is 2.10. The molecule has 7 heteroatoms. The van der Waals surface area contributed by atoms with E-state index in [1.54, 1.807) is 28.6 Å². The van der Waals surface area contributed by atoms with E-state index in [0.29, 0.717) is 6.79 Å². The Hall–Kier alpha value is -1.31. The Morgan fingerprint density at radius 3 is 3.10 bits per heavy atom. The number of fused-ring (bicyclic) bond motifs is 1. The van der Waals surface area contributed by atoms with Crippen LogP contribution in [0.15, 0.2) is 28.0 Å². The molecule has 1 aromatic heterocycles. The molecule has 1 atom stereocenters. The lowest BCUT2D eigenvalue weighted by Crippen LogP contribution is -2.24. The Morgan fingerprint density at radius 1 is 1.38 bits per heavy atom. The maximum absolute atomic E-state index is 5.47. The molecule has 1 unspecified atom stereocenters. The van der Waals surface area contributed by atoms with Crippen molar-refractivity contribution in [3.63, 3.8) is 0 Å². The van der Waals surface area contributed by atoms with Crippen molar-refractivity contribution in [2.45, 2.75) is 23.7 Å². The predicted octanol–water partition coefficient (Wildman–Crippen LogP) is 3.10. The second kappa shape index (κ2) is 7.11. The van der Waals surface area contributed by atoms with Gasteiger partial charge in [-0.05, 0) is 30.7 Å². The molecule has 1 N–H and O–H groups in total. The van der Waals surface area contributed by atoms with E-state index in [1.165, 1.54) is 5.56 Å². The molecule has 0 fully saturated rings. The smallest absolute Gasteiger partial charge is 0.231 e. The van der Waals surface area contributed by atoms with E-state index >= 15 is 0 Å². The van der Waals surface area contributed by atoms with Gasteiger partial charge in [0.15, 0.2) is 15.8 Å². The molecule has 112 valence electrons. The van der Waals surface area contributed by atoms with Gasteiger partial charge in [0.25, 0.3) is 0 Å². The molecule has 0 bridgehead atoms. The third-order valence-electron chi connectivity index (χ3n) is 3.15. The lowest BCUT2D eigenvalue weighted by atomic mass is 10.1.